The SMILES string of the molecule is Cc1ccc(N=Cc2ccc(OC(=O)c3ccc(C)cc3)cc2)cc1. The van der Waals surface area contributed by atoms with Crippen LogP contribution in [0.4, 0.5) is 5.69 Å². The van der Waals surface area contributed by atoms with Crippen LogP contribution in [-0.4, -0.2) is 12.2 Å². The summed E-state index contributed by atoms with van der Waals surface area (Å²) in [7, 11) is 0. The fourth-order valence-corrected chi connectivity index (χ4v) is 2.26. The average molecular weight is 329 g/mol. The normalized spacial score (nSPS) is 10.8. The van der Waals surface area contributed by atoms with Crippen molar-refractivity contribution >= 4 is 17.9 Å². The highest BCUT2D eigenvalue weighted by Gasteiger charge is 2.07. The molecule has 0 fully saturated rings. The topological polar surface area (TPSA) is 38.7 Å². The van der Waals surface area contributed by atoms with Crippen molar-refractivity contribution in [3.63, 3.8) is 0 Å². The van der Waals surface area contributed by atoms with Gasteiger partial charge in [-0.05, 0) is 67.9 Å². The van der Waals surface area contributed by atoms with Crippen molar-refractivity contribution in [2.24, 2.45) is 4.99 Å². The number of aryl methyl sites for hydroxylation is 2. The van der Waals surface area contributed by atoms with Crippen molar-refractivity contribution in [3.8, 4) is 5.75 Å². The van der Waals surface area contributed by atoms with E-state index in [0.29, 0.717) is 11.3 Å². The van der Waals surface area contributed by atoms with Crippen LogP contribution < -0.4 is 4.74 Å². The first-order valence-electron chi connectivity index (χ1n) is 8.10. The summed E-state index contributed by atoms with van der Waals surface area (Å²) in [5.41, 5.74) is 4.69. The maximum Gasteiger partial charge on any atom is 0.343 e. The Kier molecular flexibility index (Phi) is 5.05. The largest absolute Gasteiger partial charge is 0.423 e. The first-order valence-corrected chi connectivity index (χ1v) is 8.10. The lowest BCUT2D eigenvalue weighted by molar-refractivity contribution is 0.0735. The molecule has 0 unspecified atom stereocenters. The van der Waals surface area contributed by atoms with Crippen LogP contribution in [0.15, 0.2) is 77.8 Å². The molecule has 3 aromatic rings. The van der Waals surface area contributed by atoms with Crippen LogP contribution in [0, 0.1) is 13.8 Å². The van der Waals surface area contributed by atoms with Gasteiger partial charge in [0.2, 0.25) is 0 Å². The molecule has 0 amide bonds. The number of carbonyl (C=O) groups is 1. The molecule has 0 atom stereocenters. The molecule has 0 saturated carbocycles. The summed E-state index contributed by atoms with van der Waals surface area (Å²) in [6, 6.07) is 22.6. The fourth-order valence-electron chi connectivity index (χ4n) is 2.26. The lowest BCUT2D eigenvalue weighted by Crippen LogP contribution is -2.08. The predicted octanol–water partition coefficient (Wildman–Crippen LogP) is 5.27. The molecule has 0 N–H and O–H groups in total. The molecule has 3 rings (SSSR count). The number of hydrogen-bond donors (Lipinski definition) is 0. The molecule has 0 heterocycles. The highest BCUT2D eigenvalue weighted by Crippen LogP contribution is 2.16. The second kappa shape index (κ2) is 7.58. The van der Waals surface area contributed by atoms with Gasteiger partial charge in [0.25, 0.3) is 0 Å². The Labute approximate surface area is 147 Å². The van der Waals surface area contributed by atoms with Gasteiger partial charge in [-0.15, -0.1) is 0 Å². The molecule has 0 saturated heterocycles. The van der Waals surface area contributed by atoms with Gasteiger partial charge in [0.05, 0.1) is 11.3 Å². The van der Waals surface area contributed by atoms with E-state index in [9.17, 15) is 4.79 Å². The van der Waals surface area contributed by atoms with E-state index in [2.05, 4.69) is 4.99 Å². The lowest BCUT2D eigenvalue weighted by Gasteiger charge is -2.05. The van der Waals surface area contributed by atoms with Crippen molar-refractivity contribution in [1.82, 2.24) is 0 Å². The first-order chi connectivity index (χ1) is 12.1. The number of hydrogen-bond acceptors (Lipinski definition) is 3. The van der Waals surface area contributed by atoms with Gasteiger partial charge in [-0.2, -0.15) is 0 Å². The zero-order valence-electron chi connectivity index (χ0n) is 14.3. The second-order valence-corrected chi connectivity index (χ2v) is 5.92. The van der Waals surface area contributed by atoms with Gasteiger partial charge < -0.3 is 4.74 Å². The zero-order chi connectivity index (χ0) is 17.6. The number of nitrogens with zero attached hydrogens (tertiary/aromatic N) is 1. The summed E-state index contributed by atoms with van der Waals surface area (Å²) in [5, 5.41) is 0. The van der Waals surface area contributed by atoms with E-state index in [1.54, 1.807) is 30.5 Å². The van der Waals surface area contributed by atoms with E-state index >= 15 is 0 Å². The van der Waals surface area contributed by atoms with Crippen molar-refractivity contribution in [1.29, 1.82) is 0 Å². The van der Waals surface area contributed by atoms with E-state index in [1.165, 1.54) is 5.56 Å². The van der Waals surface area contributed by atoms with Gasteiger partial charge in [0.15, 0.2) is 0 Å². The van der Waals surface area contributed by atoms with Gasteiger partial charge in [0, 0.05) is 6.21 Å². The molecule has 3 aromatic carbocycles. The number of aliphatic imine (C=N–C) groups is 1. The molecule has 0 radical (unpaired) electrons. The van der Waals surface area contributed by atoms with Crippen LogP contribution in [-0.2, 0) is 0 Å². The van der Waals surface area contributed by atoms with E-state index in [-0.39, 0.29) is 5.97 Å². The van der Waals surface area contributed by atoms with E-state index in [0.717, 1.165) is 16.8 Å². The molecule has 0 bridgehead atoms. The smallest absolute Gasteiger partial charge is 0.343 e. The quantitative estimate of drug-likeness (QED) is 0.371. The minimum Gasteiger partial charge on any atom is -0.423 e. The molecule has 0 aliphatic rings. The predicted molar refractivity (Wildman–Crippen MR) is 101 cm³/mol. The number of ether oxygens (including phenoxy) is 1. The Morgan fingerprint density at radius 1 is 0.800 bits per heavy atom. The second-order valence-electron chi connectivity index (χ2n) is 5.92. The minimum atomic E-state index is -0.360. The van der Waals surface area contributed by atoms with Gasteiger partial charge in [-0.1, -0.05) is 35.4 Å². The summed E-state index contributed by atoms with van der Waals surface area (Å²) < 4.78 is 5.39. The van der Waals surface area contributed by atoms with Crippen LogP contribution in [0.3, 0.4) is 0 Å². The Balaban J connectivity index is 1.64. The molecular weight excluding hydrogens is 310 g/mol. The number of carbonyl (C=O) groups excluding carboxylic acids is 1. The van der Waals surface area contributed by atoms with Crippen LogP contribution in [0.1, 0.15) is 27.0 Å². The third kappa shape index (κ3) is 4.64. The van der Waals surface area contributed by atoms with Crippen LogP contribution in [0.5, 0.6) is 5.75 Å². The molecular formula is C22H19NO2. The number of benzene rings is 3. The molecule has 0 aliphatic carbocycles. The summed E-state index contributed by atoms with van der Waals surface area (Å²) in [6.45, 7) is 4.02. The van der Waals surface area contributed by atoms with Gasteiger partial charge in [0.1, 0.15) is 5.75 Å². The number of rotatable bonds is 4. The summed E-state index contributed by atoms with van der Waals surface area (Å²) >= 11 is 0. The van der Waals surface area contributed by atoms with Gasteiger partial charge in [-0.3, -0.25) is 4.99 Å². The Bertz CT molecular complexity index is 877. The maximum absolute atomic E-state index is 12.1. The molecule has 124 valence electrons. The maximum atomic E-state index is 12.1. The minimum absolute atomic E-state index is 0.360. The zero-order valence-corrected chi connectivity index (χ0v) is 14.3. The van der Waals surface area contributed by atoms with Crippen molar-refractivity contribution < 1.29 is 9.53 Å². The van der Waals surface area contributed by atoms with Crippen molar-refractivity contribution in [3.05, 3.63) is 95.1 Å². The lowest BCUT2D eigenvalue weighted by atomic mass is 10.1. The van der Waals surface area contributed by atoms with Gasteiger partial charge >= 0.3 is 5.97 Å². The Morgan fingerprint density at radius 2 is 1.36 bits per heavy atom. The van der Waals surface area contributed by atoms with Crippen molar-refractivity contribution in [2.45, 2.75) is 13.8 Å². The van der Waals surface area contributed by atoms with E-state index < -0.39 is 0 Å². The fraction of sp³-hybridized carbons (Fsp3) is 0.0909. The van der Waals surface area contributed by atoms with E-state index in [1.807, 2.05) is 62.4 Å². The first kappa shape index (κ1) is 16.7. The molecule has 0 spiro atoms. The summed E-state index contributed by atoms with van der Waals surface area (Å²) in [5.74, 6) is 0.152. The highest BCUT2D eigenvalue weighted by atomic mass is 16.5. The Hall–Kier alpha value is -3.20. The van der Waals surface area contributed by atoms with Gasteiger partial charge in [-0.25, -0.2) is 4.79 Å². The monoisotopic (exact) mass is 329 g/mol. The van der Waals surface area contributed by atoms with Crippen LogP contribution >= 0.6 is 0 Å². The van der Waals surface area contributed by atoms with Crippen LogP contribution in [0.2, 0.25) is 0 Å². The van der Waals surface area contributed by atoms with Crippen LogP contribution in [0.25, 0.3) is 0 Å². The third-order valence-electron chi connectivity index (χ3n) is 3.77. The molecule has 0 aromatic heterocycles. The van der Waals surface area contributed by atoms with Crippen molar-refractivity contribution in [2.75, 3.05) is 0 Å². The third-order valence-corrected chi connectivity index (χ3v) is 3.77. The summed E-state index contributed by atoms with van der Waals surface area (Å²) in [6.07, 6.45) is 1.79. The number of esters is 1. The molecule has 3 nitrogen and oxygen atoms in total. The van der Waals surface area contributed by atoms with E-state index in [4.69, 9.17) is 4.74 Å². The Morgan fingerprint density at radius 3 is 1.96 bits per heavy atom. The molecule has 0 aliphatic heterocycles. The standard InChI is InChI=1S/C22H19NO2/c1-16-3-9-19(10-4-16)22(24)25-21-13-7-18(8-14-21)15-23-20-11-5-17(2)6-12-20/h3-15H,1-2H3. The molecule has 25 heavy (non-hydrogen) atoms. The molecule has 3 heteroatoms. The highest BCUT2D eigenvalue weighted by molar-refractivity contribution is 5.91. The summed E-state index contributed by atoms with van der Waals surface area (Å²) in [4.78, 5) is 16.5. The average Bonchev–Trinajstić information content (AvgIpc) is 2.63.